The lowest BCUT2D eigenvalue weighted by Crippen LogP contribution is -2.15. The first-order valence-electron chi connectivity index (χ1n) is 6.41. The Kier molecular flexibility index (Phi) is 6.05. The number of hydrogen-bond acceptors (Lipinski definition) is 3. The van der Waals surface area contributed by atoms with Crippen LogP contribution in [0.25, 0.3) is 0 Å². The van der Waals surface area contributed by atoms with Crippen molar-refractivity contribution in [2.75, 3.05) is 0 Å². The topological polar surface area (TPSA) is 47.7 Å². The molecule has 19 heavy (non-hydrogen) atoms. The van der Waals surface area contributed by atoms with E-state index in [1.165, 1.54) is 11.3 Å². The van der Waals surface area contributed by atoms with E-state index in [-0.39, 0.29) is 12.4 Å². The van der Waals surface area contributed by atoms with Gasteiger partial charge in [-0.25, -0.2) is 0 Å². The number of nitrogens with zero attached hydrogens (tertiary/aromatic N) is 4. The van der Waals surface area contributed by atoms with Gasteiger partial charge in [-0.3, -0.25) is 9.36 Å². The van der Waals surface area contributed by atoms with E-state index in [0.717, 1.165) is 31.7 Å². The summed E-state index contributed by atoms with van der Waals surface area (Å²) >= 11 is 0. The normalized spacial score (nSPS) is 10.5. The summed E-state index contributed by atoms with van der Waals surface area (Å²) in [5.74, 6) is 0. The van der Waals surface area contributed by atoms with Crippen LogP contribution in [0.15, 0.2) is 18.5 Å². The van der Waals surface area contributed by atoms with Gasteiger partial charge >= 0.3 is 0 Å². The third kappa shape index (κ3) is 4.08. The molecule has 0 radical (unpaired) electrons. The highest BCUT2D eigenvalue weighted by Gasteiger charge is 2.04. The van der Waals surface area contributed by atoms with Crippen LogP contribution in [0.1, 0.15) is 30.3 Å². The monoisotopic (exact) mass is 283 g/mol. The van der Waals surface area contributed by atoms with Crippen LogP contribution in [0, 0.1) is 6.92 Å². The number of aryl methyl sites for hydroxylation is 3. The first-order valence-corrected chi connectivity index (χ1v) is 6.41. The molecule has 5 nitrogen and oxygen atoms in total. The van der Waals surface area contributed by atoms with Gasteiger partial charge in [-0.1, -0.05) is 6.92 Å². The second-order valence-electron chi connectivity index (χ2n) is 4.55. The molecular weight excluding hydrogens is 262 g/mol. The van der Waals surface area contributed by atoms with Crippen molar-refractivity contribution in [1.29, 1.82) is 0 Å². The summed E-state index contributed by atoms with van der Waals surface area (Å²) in [6.07, 6.45) is 5.07. The molecule has 0 bridgehead atoms. The Labute approximate surface area is 120 Å². The zero-order chi connectivity index (χ0) is 13.0. The first kappa shape index (κ1) is 15.7. The molecule has 2 rings (SSSR count). The Morgan fingerprint density at radius 3 is 2.74 bits per heavy atom. The van der Waals surface area contributed by atoms with E-state index in [9.17, 15) is 0 Å². The summed E-state index contributed by atoms with van der Waals surface area (Å²) in [7, 11) is 1.96. The average Bonchev–Trinajstić information content (AvgIpc) is 2.88. The van der Waals surface area contributed by atoms with E-state index in [1.54, 1.807) is 0 Å². The smallest absolute Gasteiger partial charge is 0.0638 e. The Morgan fingerprint density at radius 2 is 2.11 bits per heavy atom. The highest BCUT2D eigenvalue weighted by Crippen LogP contribution is 2.06. The van der Waals surface area contributed by atoms with E-state index in [4.69, 9.17) is 0 Å². The molecule has 0 atom stereocenters. The van der Waals surface area contributed by atoms with Gasteiger partial charge in [-0.05, 0) is 19.4 Å². The predicted molar refractivity (Wildman–Crippen MR) is 78.3 cm³/mol. The summed E-state index contributed by atoms with van der Waals surface area (Å²) in [5.41, 5.74) is 3.57. The lowest BCUT2D eigenvalue weighted by molar-refractivity contribution is 0.596. The zero-order valence-electron chi connectivity index (χ0n) is 11.8. The fourth-order valence-electron chi connectivity index (χ4n) is 1.98. The van der Waals surface area contributed by atoms with Gasteiger partial charge in [0.2, 0.25) is 0 Å². The highest BCUT2D eigenvalue weighted by molar-refractivity contribution is 5.85. The number of nitrogens with one attached hydrogen (secondary N) is 1. The van der Waals surface area contributed by atoms with Crippen molar-refractivity contribution in [2.24, 2.45) is 7.05 Å². The molecule has 0 amide bonds. The van der Waals surface area contributed by atoms with Crippen molar-refractivity contribution in [3.63, 3.8) is 0 Å². The minimum atomic E-state index is 0. The van der Waals surface area contributed by atoms with Gasteiger partial charge in [0.1, 0.15) is 0 Å². The fraction of sp³-hybridized carbons (Fsp3) is 0.538. The van der Waals surface area contributed by atoms with Crippen LogP contribution in [-0.4, -0.2) is 19.6 Å². The van der Waals surface area contributed by atoms with E-state index in [2.05, 4.69) is 35.6 Å². The maximum absolute atomic E-state index is 4.49. The van der Waals surface area contributed by atoms with E-state index in [0.29, 0.717) is 0 Å². The second kappa shape index (κ2) is 7.31. The van der Waals surface area contributed by atoms with Crippen molar-refractivity contribution < 1.29 is 0 Å². The molecule has 0 saturated carbocycles. The van der Waals surface area contributed by atoms with Gasteiger partial charge in [0.25, 0.3) is 0 Å². The fourth-order valence-corrected chi connectivity index (χ4v) is 1.98. The van der Waals surface area contributed by atoms with Crippen molar-refractivity contribution >= 4 is 12.4 Å². The zero-order valence-corrected chi connectivity index (χ0v) is 12.6. The van der Waals surface area contributed by atoms with Gasteiger partial charge in [0.15, 0.2) is 0 Å². The Hall–Kier alpha value is -1.33. The lowest BCUT2D eigenvalue weighted by Gasteiger charge is -2.04. The lowest BCUT2D eigenvalue weighted by atomic mass is 10.2. The summed E-state index contributed by atoms with van der Waals surface area (Å²) in [6, 6.07) is 2.03. The maximum Gasteiger partial charge on any atom is 0.0638 e. The van der Waals surface area contributed by atoms with E-state index < -0.39 is 0 Å². The van der Waals surface area contributed by atoms with Gasteiger partial charge in [-0.2, -0.15) is 10.2 Å². The molecule has 0 saturated heterocycles. The number of halogens is 1. The van der Waals surface area contributed by atoms with Crippen LogP contribution < -0.4 is 5.32 Å². The van der Waals surface area contributed by atoms with Gasteiger partial charge in [-0.15, -0.1) is 12.4 Å². The molecule has 6 heteroatoms. The van der Waals surface area contributed by atoms with Crippen LogP contribution in [0.3, 0.4) is 0 Å². The van der Waals surface area contributed by atoms with Crippen molar-refractivity contribution in [2.45, 2.75) is 39.9 Å². The minimum Gasteiger partial charge on any atom is -0.307 e. The molecule has 1 N–H and O–H groups in total. The standard InChI is InChI=1S/C13H21N5.ClH/c1-4-7-18-10-12(11(2)16-18)8-14-9-13-5-6-15-17(13)3;/h5-6,10,14H,4,7-9H2,1-3H3;1H. The first-order chi connectivity index (χ1) is 8.70. The quantitative estimate of drug-likeness (QED) is 0.883. The number of hydrogen-bond donors (Lipinski definition) is 1. The largest absolute Gasteiger partial charge is 0.307 e. The van der Waals surface area contributed by atoms with Crippen LogP contribution in [0.2, 0.25) is 0 Å². The van der Waals surface area contributed by atoms with Crippen LogP contribution >= 0.6 is 12.4 Å². The summed E-state index contributed by atoms with van der Waals surface area (Å²) in [6.45, 7) is 6.89. The van der Waals surface area contributed by atoms with Gasteiger partial charge in [0.05, 0.1) is 11.4 Å². The SMILES string of the molecule is CCCn1cc(CNCc2ccnn2C)c(C)n1.Cl. The van der Waals surface area contributed by atoms with Crippen LogP contribution in [0.4, 0.5) is 0 Å². The highest BCUT2D eigenvalue weighted by atomic mass is 35.5. The number of rotatable bonds is 6. The second-order valence-corrected chi connectivity index (χ2v) is 4.55. The Balaban J connectivity index is 0.00000180. The summed E-state index contributed by atoms with van der Waals surface area (Å²) in [5, 5.41) is 12.1. The molecule has 0 aliphatic carbocycles. The molecular formula is C13H22ClN5. The molecule has 0 aliphatic heterocycles. The van der Waals surface area contributed by atoms with Crippen LogP contribution in [0.5, 0.6) is 0 Å². The van der Waals surface area contributed by atoms with Gasteiger partial charge < -0.3 is 5.32 Å². The molecule has 0 fully saturated rings. The van der Waals surface area contributed by atoms with E-state index in [1.807, 2.05) is 28.7 Å². The van der Waals surface area contributed by atoms with Crippen LogP contribution in [-0.2, 0) is 26.7 Å². The van der Waals surface area contributed by atoms with Gasteiger partial charge in [0, 0.05) is 44.6 Å². The Morgan fingerprint density at radius 1 is 1.32 bits per heavy atom. The summed E-state index contributed by atoms with van der Waals surface area (Å²) < 4.78 is 3.91. The average molecular weight is 284 g/mol. The third-order valence-electron chi connectivity index (χ3n) is 3.04. The molecule has 2 heterocycles. The molecule has 0 aromatic carbocycles. The molecule has 0 spiro atoms. The Bertz CT molecular complexity index is 503. The van der Waals surface area contributed by atoms with E-state index >= 15 is 0 Å². The predicted octanol–water partition coefficient (Wildman–Crippen LogP) is 2.05. The van der Waals surface area contributed by atoms with Crippen molar-refractivity contribution in [1.82, 2.24) is 24.9 Å². The third-order valence-corrected chi connectivity index (χ3v) is 3.04. The van der Waals surface area contributed by atoms with Crippen molar-refractivity contribution in [3.05, 3.63) is 35.4 Å². The molecule has 106 valence electrons. The van der Waals surface area contributed by atoms with Crippen molar-refractivity contribution in [3.8, 4) is 0 Å². The molecule has 2 aromatic heterocycles. The minimum absolute atomic E-state index is 0. The molecule has 2 aromatic rings. The number of aromatic nitrogens is 4. The molecule has 0 aliphatic rings. The summed E-state index contributed by atoms with van der Waals surface area (Å²) in [4.78, 5) is 0. The maximum atomic E-state index is 4.49. The molecule has 0 unspecified atom stereocenters.